The lowest BCUT2D eigenvalue weighted by molar-refractivity contribution is -0.135. The molecule has 1 unspecified atom stereocenters. The third-order valence-electron chi connectivity index (χ3n) is 6.29. The standard InChI is InChI=1S/C20H29N5O2/c1-23(2)15-7-10-24(13-15)14-18(26)25-11-8-20(9-12-25)19(27)21-16-5-3-4-6-17(16)22-20/h3-6,15,22H,7-14H2,1-2H3,(H,21,27). The van der Waals surface area contributed by atoms with Crippen LogP contribution in [0.3, 0.4) is 0 Å². The number of piperidine rings is 1. The Bertz CT molecular complexity index is 727. The maximum Gasteiger partial charge on any atom is 0.250 e. The highest BCUT2D eigenvalue weighted by Crippen LogP contribution is 2.36. The van der Waals surface area contributed by atoms with Crippen molar-refractivity contribution in [2.75, 3.05) is 57.5 Å². The Kier molecular flexibility index (Phi) is 4.82. The molecule has 27 heavy (non-hydrogen) atoms. The zero-order chi connectivity index (χ0) is 19.0. The molecule has 0 bridgehead atoms. The minimum Gasteiger partial charge on any atom is -0.369 e. The molecular weight excluding hydrogens is 342 g/mol. The van der Waals surface area contributed by atoms with Gasteiger partial charge in [0, 0.05) is 32.2 Å². The van der Waals surface area contributed by atoms with Crippen molar-refractivity contribution in [3.63, 3.8) is 0 Å². The molecule has 1 atom stereocenters. The van der Waals surface area contributed by atoms with E-state index in [0.29, 0.717) is 38.5 Å². The van der Waals surface area contributed by atoms with Crippen molar-refractivity contribution >= 4 is 23.2 Å². The van der Waals surface area contributed by atoms with Crippen LogP contribution in [0.2, 0.25) is 0 Å². The molecule has 2 N–H and O–H groups in total. The summed E-state index contributed by atoms with van der Waals surface area (Å²) in [7, 11) is 4.20. The number of nitrogens with zero attached hydrogens (tertiary/aromatic N) is 3. The van der Waals surface area contributed by atoms with E-state index < -0.39 is 5.54 Å². The second-order valence-corrected chi connectivity index (χ2v) is 8.23. The van der Waals surface area contributed by atoms with Gasteiger partial charge in [-0.1, -0.05) is 12.1 Å². The first-order chi connectivity index (χ1) is 13.0. The first-order valence-corrected chi connectivity index (χ1v) is 9.82. The van der Waals surface area contributed by atoms with Crippen molar-refractivity contribution in [1.29, 1.82) is 0 Å². The Labute approximate surface area is 160 Å². The molecule has 0 saturated carbocycles. The zero-order valence-electron chi connectivity index (χ0n) is 16.2. The SMILES string of the molecule is CN(C)C1CCN(CC(=O)N2CCC3(CC2)Nc2ccccc2NC3=O)C1. The molecule has 0 aliphatic carbocycles. The summed E-state index contributed by atoms with van der Waals surface area (Å²) in [6.07, 6.45) is 2.39. The van der Waals surface area contributed by atoms with Crippen molar-refractivity contribution < 1.29 is 9.59 Å². The summed E-state index contributed by atoms with van der Waals surface area (Å²) in [4.78, 5) is 31.8. The fourth-order valence-corrected chi connectivity index (χ4v) is 4.42. The molecule has 1 aromatic carbocycles. The number of benzene rings is 1. The number of carbonyl (C=O) groups is 2. The first kappa shape index (κ1) is 18.3. The molecule has 7 nitrogen and oxygen atoms in total. The van der Waals surface area contributed by atoms with Crippen LogP contribution >= 0.6 is 0 Å². The predicted molar refractivity (Wildman–Crippen MR) is 106 cm³/mol. The fraction of sp³-hybridized carbons (Fsp3) is 0.600. The quantitative estimate of drug-likeness (QED) is 0.831. The highest BCUT2D eigenvalue weighted by molar-refractivity contribution is 6.06. The van der Waals surface area contributed by atoms with Crippen LogP contribution < -0.4 is 10.6 Å². The van der Waals surface area contributed by atoms with Crippen molar-refractivity contribution in [2.24, 2.45) is 0 Å². The largest absolute Gasteiger partial charge is 0.369 e. The van der Waals surface area contributed by atoms with E-state index in [4.69, 9.17) is 0 Å². The van der Waals surface area contributed by atoms with E-state index >= 15 is 0 Å². The zero-order valence-corrected chi connectivity index (χ0v) is 16.2. The van der Waals surface area contributed by atoms with E-state index in [2.05, 4.69) is 34.5 Å². The van der Waals surface area contributed by atoms with Gasteiger partial charge in [0.1, 0.15) is 5.54 Å². The Morgan fingerprint density at radius 3 is 2.56 bits per heavy atom. The van der Waals surface area contributed by atoms with E-state index in [9.17, 15) is 9.59 Å². The third kappa shape index (κ3) is 3.53. The van der Waals surface area contributed by atoms with Crippen LogP contribution in [0.15, 0.2) is 24.3 Å². The van der Waals surface area contributed by atoms with Crippen molar-refractivity contribution in [1.82, 2.24) is 14.7 Å². The van der Waals surface area contributed by atoms with Gasteiger partial charge in [0.05, 0.1) is 17.9 Å². The summed E-state index contributed by atoms with van der Waals surface area (Å²) >= 11 is 0. The van der Waals surface area contributed by atoms with Crippen molar-refractivity contribution in [3.8, 4) is 0 Å². The summed E-state index contributed by atoms with van der Waals surface area (Å²) in [6, 6.07) is 8.31. The maximum absolute atomic E-state index is 12.7. The van der Waals surface area contributed by atoms with Crippen LogP contribution in [0.5, 0.6) is 0 Å². The van der Waals surface area contributed by atoms with Crippen LogP contribution in [0.25, 0.3) is 0 Å². The first-order valence-electron chi connectivity index (χ1n) is 9.82. The lowest BCUT2D eigenvalue weighted by Crippen LogP contribution is -2.59. The van der Waals surface area contributed by atoms with E-state index in [1.54, 1.807) is 0 Å². The van der Waals surface area contributed by atoms with Crippen LogP contribution in [-0.2, 0) is 9.59 Å². The van der Waals surface area contributed by atoms with Gasteiger partial charge < -0.3 is 20.4 Å². The smallest absolute Gasteiger partial charge is 0.250 e. The highest BCUT2D eigenvalue weighted by Gasteiger charge is 2.45. The number of rotatable bonds is 3. The number of anilines is 2. The molecule has 2 saturated heterocycles. The van der Waals surface area contributed by atoms with Gasteiger partial charge in [-0.2, -0.15) is 0 Å². The molecule has 146 valence electrons. The lowest BCUT2D eigenvalue weighted by atomic mass is 9.84. The second-order valence-electron chi connectivity index (χ2n) is 8.23. The van der Waals surface area contributed by atoms with Crippen LogP contribution in [0.4, 0.5) is 11.4 Å². The predicted octanol–water partition coefficient (Wildman–Crippen LogP) is 1.05. The average Bonchev–Trinajstić information content (AvgIpc) is 3.12. The van der Waals surface area contributed by atoms with Crippen LogP contribution in [0, 0.1) is 0 Å². The molecule has 2 amide bonds. The molecule has 0 radical (unpaired) electrons. The Hall–Kier alpha value is -2.12. The van der Waals surface area contributed by atoms with Crippen LogP contribution in [0.1, 0.15) is 19.3 Å². The number of amides is 2. The van der Waals surface area contributed by atoms with Gasteiger partial charge in [-0.3, -0.25) is 14.5 Å². The molecule has 3 aliphatic heterocycles. The van der Waals surface area contributed by atoms with Gasteiger partial charge in [0.15, 0.2) is 0 Å². The number of para-hydroxylation sites is 2. The van der Waals surface area contributed by atoms with Gasteiger partial charge in [-0.25, -0.2) is 0 Å². The maximum atomic E-state index is 12.7. The molecule has 0 aromatic heterocycles. The highest BCUT2D eigenvalue weighted by atomic mass is 16.2. The number of fused-ring (bicyclic) bond motifs is 1. The van der Waals surface area contributed by atoms with Gasteiger partial charge in [-0.15, -0.1) is 0 Å². The Morgan fingerprint density at radius 1 is 1.19 bits per heavy atom. The van der Waals surface area contributed by atoms with E-state index in [1.807, 2.05) is 29.2 Å². The number of hydrogen-bond donors (Lipinski definition) is 2. The minimum absolute atomic E-state index is 0.0154. The number of likely N-dealkylation sites (tertiary alicyclic amines) is 2. The topological polar surface area (TPSA) is 67.9 Å². The monoisotopic (exact) mass is 371 g/mol. The third-order valence-corrected chi connectivity index (χ3v) is 6.29. The normalized spacial score (nSPS) is 24.6. The number of likely N-dealkylation sites (N-methyl/N-ethyl adjacent to an activating group) is 1. The number of hydrogen-bond acceptors (Lipinski definition) is 5. The second kappa shape index (κ2) is 7.13. The molecule has 3 aliphatic rings. The molecule has 4 rings (SSSR count). The van der Waals surface area contributed by atoms with E-state index in [-0.39, 0.29) is 11.8 Å². The van der Waals surface area contributed by atoms with Gasteiger partial charge >= 0.3 is 0 Å². The van der Waals surface area contributed by atoms with E-state index in [0.717, 1.165) is 30.9 Å². The van der Waals surface area contributed by atoms with Gasteiger partial charge in [0.2, 0.25) is 11.8 Å². The summed E-state index contributed by atoms with van der Waals surface area (Å²) in [5.74, 6) is 0.197. The van der Waals surface area contributed by atoms with Gasteiger partial charge in [0.25, 0.3) is 0 Å². The molecular formula is C20H29N5O2. The lowest BCUT2D eigenvalue weighted by Gasteiger charge is -2.44. The summed E-state index contributed by atoms with van der Waals surface area (Å²) < 4.78 is 0. The number of carbonyl (C=O) groups excluding carboxylic acids is 2. The average molecular weight is 371 g/mol. The van der Waals surface area contributed by atoms with Gasteiger partial charge in [-0.05, 0) is 45.5 Å². The van der Waals surface area contributed by atoms with Crippen molar-refractivity contribution in [3.05, 3.63) is 24.3 Å². The van der Waals surface area contributed by atoms with Crippen LogP contribution in [-0.4, -0.2) is 84.9 Å². The van der Waals surface area contributed by atoms with E-state index in [1.165, 1.54) is 0 Å². The Morgan fingerprint density at radius 2 is 1.89 bits per heavy atom. The minimum atomic E-state index is -0.602. The Balaban J connectivity index is 1.34. The molecule has 1 spiro atoms. The molecule has 7 heteroatoms. The summed E-state index contributed by atoms with van der Waals surface area (Å²) in [5.41, 5.74) is 1.19. The van der Waals surface area contributed by atoms with Crippen molar-refractivity contribution in [2.45, 2.75) is 30.8 Å². The fourth-order valence-electron chi connectivity index (χ4n) is 4.42. The summed E-state index contributed by atoms with van der Waals surface area (Å²) in [6.45, 7) is 3.66. The molecule has 2 fully saturated rings. The molecule has 3 heterocycles. The number of nitrogens with one attached hydrogen (secondary N) is 2. The summed E-state index contributed by atoms with van der Waals surface area (Å²) in [5, 5.41) is 6.47. The molecule has 1 aromatic rings.